The number of rotatable bonds is 5. The number of imidazole rings is 1. The topological polar surface area (TPSA) is 43.8 Å². The maximum absolute atomic E-state index is 13.7. The normalized spacial score (nSPS) is 14.8. The highest BCUT2D eigenvalue weighted by Crippen LogP contribution is 2.25. The van der Waals surface area contributed by atoms with Crippen LogP contribution in [0, 0.1) is 5.82 Å². The highest BCUT2D eigenvalue weighted by atomic mass is 19.1. The van der Waals surface area contributed by atoms with Crippen LogP contribution in [0.1, 0.15) is 44.9 Å². The quantitative estimate of drug-likeness (QED) is 0.899. The molecule has 0 aliphatic heterocycles. The fourth-order valence-corrected chi connectivity index (χ4v) is 2.51. The van der Waals surface area contributed by atoms with Crippen LogP contribution in [0.3, 0.4) is 0 Å². The molecule has 0 fully saturated rings. The maximum Gasteiger partial charge on any atom is 0.151 e. The van der Waals surface area contributed by atoms with Crippen molar-refractivity contribution in [2.75, 3.05) is 0 Å². The molecular weight excluding hydrogens is 241 g/mol. The lowest BCUT2D eigenvalue weighted by Crippen LogP contribution is -2.14. The Hall–Kier alpha value is -1.42. The van der Waals surface area contributed by atoms with Crippen LogP contribution in [0.25, 0.3) is 11.0 Å². The Bertz CT molecular complexity index is 560. The van der Waals surface area contributed by atoms with Crippen molar-refractivity contribution in [3.63, 3.8) is 0 Å². The summed E-state index contributed by atoms with van der Waals surface area (Å²) >= 11 is 0. The fraction of sp³-hybridized carbons (Fsp3) is 0.533. The molecule has 19 heavy (non-hydrogen) atoms. The molecule has 104 valence electrons. The molecule has 2 atom stereocenters. The van der Waals surface area contributed by atoms with E-state index in [9.17, 15) is 4.39 Å². The van der Waals surface area contributed by atoms with Gasteiger partial charge in [0.2, 0.25) is 0 Å². The van der Waals surface area contributed by atoms with Crippen LogP contribution in [0.5, 0.6) is 0 Å². The Morgan fingerprint density at radius 1 is 1.32 bits per heavy atom. The summed E-state index contributed by atoms with van der Waals surface area (Å²) in [7, 11) is 1.95. The van der Waals surface area contributed by atoms with E-state index in [2.05, 4.69) is 11.9 Å². The van der Waals surface area contributed by atoms with Gasteiger partial charge >= 0.3 is 0 Å². The summed E-state index contributed by atoms with van der Waals surface area (Å²) in [6.45, 7) is 4.16. The van der Waals surface area contributed by atoms with E-state index < -0.39 is 0 Å². The van der Waals surface area contributed by atoms with Gasteiger partial charge in [-0.1, -0.05) is 19.4 Å². The second kappa shape index (κ2) is 5.70. The Kier molecular flexibility index (Phi) is 4.20. The molecule has 0 saturated carbocycles. The smallest absolute Gasteiger partial charge is 0.151 e. The largest absolute Gasteiger partial charge is 0.331 e. The first-order chi connectivity index (χ1) is 9.00. The summed E-state index contributed by atoms with van der Waals surface area (Å²) in [5, 5.41) is 0. The maximum atomic E-state index is 13.7. The number of fused-ring (bicyclic) bond motifs is 1. The molecule has 2 rings (SSSR count). The van der Waals surface area contributed by atoms with E-state index in [0.717, 1.165) is 30.6 Å². The van der Waals surface area contributed by atoms with Crippen molar-refractivity contribution in [2.45, 2.75) is 45.1 Å². The van der Waals surface area contributed by atoms with Crippen molar-refractivity contribution in [1.29, 1.82) is 0 Å². The average Bonchev–Trinajstić information content (AvgIpc) is 2.68. The number of para-hydroxylation sites is 1. The molecule has 3 nitrogen and oxygen atoms in total. The zero-order chi connectivity index (χ0) is 14.0. The van der Waals surface area contributed by atoms with Gasteiger partial charge in [-0.3, -0.25) is 0 Å². The minimum Gasteiger partial charge on any atom is -0.331 e. The van der Waals surface area contributed by atoms with Crippen molar-refractivity contribution < 1.29 is 4.39 Å². The number of hydrogen-bond donors (Lipinski definition) is 1. The van der Waals surface area contributed by atoms with Gasteiger partial charge in [-0.25, -0.2) is 9.37 Å². The van der Waals surface area contributed by atoms with E-state index >= 15 is 0 Å². The van der Waals surface area contributed by atoms with Crippen LogP contribution in [0.4, 0.5) is 4.39 Å². The molecule has 1 aromatic heterocycles. The summed E-state index contributed by atoms with van der Waals surface area (Å²) in [4.78, 5) is 4.47. The molecule has 0 aliphatic rings. The lowest BCUT2D eigenvalue weighted by atomic mass is 10.0. The Labute approximate surface area is 113 Å². The monoisotopic (exact) mass is 263 g/mol. The molecule has 0 saturated heterocycles. The number of aromatic nitrogens is 2. The van der Waals surface area contributed by atoms with Crippen molar-refractivity contribution in [3.8, 4) is 0 Å². The molecule has 4 heteroatoms. The predicted molar refractivity (Wildman–Crippen MR) is 76.6 cm³/mol. The minimum absolute atomic E-state index is 0.241. The van der Waals surface area contributed by atoms with E-state index in [-0.39, 0.29) is 11.9 Å². The van der Waals surface area contributed by atoms with Gasteiger partial charge in [0.25, 0.3) is 0 Å². The van der Waals surface area contributed by atoms with Crippen molar-refractivity contribution in [1.82, 2.24) is 9.55 Å². The Morgan fingerprint density at radius 3 is 2.68 bits per heavy atom. The first-order valence-electron chi connectivity index (χ1n) is 6.87. The van der Waals surface area contributed by atoms with Crippen molar-refractivity contribution in [2.24, 2.45) is 12.8 Å². The second-order valence-corrected chi connectivity index (χ2v) is 5.45. The van der Waals surface area contributed by atoms with Gasteiger partial charge in [0, 0.05) is 19.0 Å². The lowest BCUT2D eigenvalue weighted by molar-refractivity contribution is 0.535. The van der Waals surface area contributed by atoms with Gasteiger partial charge in [0.15, 0.2) is 5.82 Å². The molecule has 0 spiro atoms. The number of nitrogens with zero attached hydrogens (tertiary/aromatic N) is 2. The molecule has 1 aromatic carbocycles. The Balaban J connectivity index is 2.20. The van der Waals surface area contributed by atoms with Gasteiger partial charge in [0.1, 0.15) is 11.3 Å². The van der Waals surface area contributed by atoms with E-state index in [1.54, 1.807) is 6.07 Å². The molecule has 2 N–H and O–H groups in total. The first-order valence-corrected chi connectivity index (χ1v) is 6.87. The van der Waals surface area contributed by atoms with Crippen LogP contribution in [-0.4, -0.2) is 15.6 Å². The first kappa shape index (κ1) is 14.0. The molecule has 2 unspecified atom stereocenters. The van der Waals surface area contributed by atoms with Gasteiger partial charge in [0.05, 0.1) is 5.52 Å². The summed E-state index contributed by atoms with van der Waals surface area (Å²) in [6.07, 6.45) is 3.12. The number of benzene rings is 1. The van der Waals surface area contributed by atoms with Crippen LogP contribution in [-0.2, 0) is 7.05 Å². The molecule has 2 aromatic rings. The standard InChI is InChI=1S/C15H22FN3/c1-10(6-4-7-11(2)17)15-18-14-12(16)8-5-9-13(14)19(15)3/h5,8-11H,4,6-7,17H2,1-3H3. The van der Waals surface area contributed by atoms with Gasteiger partial charge in [-0.15, -0.1) is 0 Å². The van der Waals surface area contributed by atoms with Crippen molar-refractivity contribution >= 4 is 11.0 Å². The van der Waals surface area contributed by atoms with Crippen LogP contribution in [0.15, 0.2) is 18.2 Å². The minimum atomic E-state index is -0.248. The predicted octanol–water partition coefficient (Wildman–Crippen LogP) is 3.33. The number of aryl methyl sites for hydroxylation is 1. The van der Waals surface area contributed by atoms with Crippen molar-refractivity contribution in [3.05, 3.63) is 29.8 Å². The molecule has 0 aliphatic carbocycles. The zero-order valence-corrected chi connectivity index (χ0v) is 11.9. The lowest BCUT2D eigenvalue weighted by Gasteiger charge is -2.12. The molecular formula is C15H22FN3. The SMILES string of the molecule is CC(N)CCCC(C)c1nc2c(F)cccc2n1C. The van der Waals surface area contributed by atoms with Crippen LogP contribution in [0.2, 0.25) is 0 Å². The zero-order valence-electron chi connectivity index (χ0n) is 11.9. The number of nitrogens with two attached hydrogens (primary N) is 1. The van der Waals surface area contributed by atoms with Gasteiger partial charge in [-0.05, 0) is 31.9 Å². The third-order valence-electron chi connectivity index (χ3n) is 3.63. The summed E-state index contributed by atoms with van der Waals surface area (Å²) < 4.78 is 15.7. The highest BCUT2D eigenvalue weighted by Gasteiger charge is 2.16. The van der Waals surface area contributed by atoms with Crippen LogP contribution < -0.4 is 5.73 Å². The van der Waals surface area contributed by atoms with Gasteiger partial charge < -0.3 is 10.3 Å². The van der Waals surface area contributed by atoms with Crippen LogP contribution >= 0.6 is 0 Å². The molecule has 0 bridgehead atoms. The highest BCUT2D eigenvalue weighted by molar-refractivity contribution is 5.76. The van der Waals surface area contributed by atoms with E-state index in [0.29, 0.717) is 11.4 Å². The van der Waals surface area contributed by atoms with E-state index in [1.165, 1.54) is 6.07 Å². The molecule has 0 amide bonds. The third-order valence-corrected chi connectivity index (χ3v) is 3.63. The summed E-state index contributed by atoms with van der Waals surface area (Å²) in [6, 6.07) is 5.33. The van der Waals surface area contributed by atoms with E-state index in [4.69, 9.17) is 5.73 Å². The van der Waals surface area contributed by atoms with E-state index in [1.807, 2.05) is 24.6 Å². The average molecular weight is 263 g/mol. The summed E-state index contributed by atoms with van der Waals surface area (Å²) in [5.74, 6) is 1.02. The summed E-state index contributed by atoms with van der Waals surface area (Å²) in [5.41, 5.74) is 7.08. The van der Waals surface area contributed by atoms with Gasteiger partial charge in [-0.2, -0.15) is 0 Å². The third kappa shape index (κ3) is 2.95. The molecule has 1 heterocycles. The second-order valence-electron chi connectivity index (χ2n) is 5.45. The fourth-order valence-electron chi connectivity index (χ4n) is 2.51. The molecule has 0 radical (unpaired) electrons. The number of hydrogen-bond acceptors (Lipinski definition) is 2. The number of halogens is 1. The Morgan fingerprint density at radius 2 is 2.05 bits per heavy atom.